The predicted molar refractivity (Wildman–Crippen MR) is 162 cm³/mol. The van der Waals surface area contributed by atoms with Gasteiger partial charge in [-0.15, -0.1) is 0 Å². The summed E-state index contributed by atoms with van der Waals surface area (Å²) in [7, 11) is 3.41. The van der Waals surface area contributed by atoms with Gasteiger partial charge in [-0.3, -0.25) is 23.5 Å². The van der Waals surface area contributed by atoms with E-state index < -0.39 is 5.60 Å². The van der Waals surface area contributed by atoms with Crippen LogP contribution in [0.1, 0.15) is 91.4 Å². The van der Waals surface area contributed by atoms with Crippen molar-refractivity contribution in [3.8, 4) is 0 Å². The molecular formula is C29H49N5O5S. The Labute approximate surface area is 242 Å². The third-order valence-corrected chi connectivity index (χ3v) is 7.58. The number of nitrogens with one attached hydrogen (secondary N) is 1. The van der Waals surface area contributed by atoms with Crippen LogP contribution < -0.4 is 16.6 Å². The number of rotatable bonds is 18. The quantitative estimate of drug-likeness (QED) is 0.208. The molecule has 0 aliphatic rings. The van der Waals surface area contributed by atoms with Gasteiger partial charge in [0.05, 0.1) is 12.7 Å². The van der Waals surface area contributed by atoms with E-state index >= 15 is 0 Å². The van der Waals surface area contributed by atoms with Crippen molar-refractivity contribution in [1.82, 2.24) is 24.0 Å². The number of aryl methyl sites for hydroxylation is 2. The number of thioether (sulfide) groups is 1. The Hall–Kier alpha value is -2.56. The van der Waals surface area contributed by atoms with Crippen molar-refractivity contribution < 1.29 is 14.3 Å². The number of nitrogens with zero attached hydrogens (tertiary/aromatic N) is 4. The number of amides is 1. The molecule has 2 aromatic rings. The minimum Gasteiger partial charge on any atom is -0.460 e. The fraction of sp³-hybridized carbons (Fsp3) is 0.759. The van der Waals surface area contributed by atoms with E-state index in [2.05, 4.69) is 10.3 Å². The molecule has 0 aromatic carbocycles. The first-order chi connectivity index (χ1) is 19.0. The molecule has 0 saturated heterocycles. The first-order valence-electron chi connectivity index (χ1n) is 14.6. The number of imidazole rings is 1. The van der Waals surface area contributed by atoms with E-state index in [-0.39, 0.29) is 35.5 Å². The summed E-state index contributed by atoms with van der Waals surface area (Å²) in [5.41, 5.74) is -0.254. The zero-order valence-electron chi connectivity index (χ0n) is 25.3. The van der Waals surface area contributed by atoms with Gasteiger partial charge in [0.25, 0.3) is 5.56 Å². The normalized spacial score (nSPS) is 12.6. The van der Waals surface area contributed by atoms with Crippen LogP contribution in [0.25, 0.3) is 11.2 Å². The van der Waals surface area contributed by atoms with Gasteiger partial charge in [0, 0.05) is 33.1 Å². The summed E-state index contributed by atoms with van der Waals surface area (Å²) in [5, 5.41) is 3.01. The number of ether oxygens (including phenoxy) is 1. The van der Waals surface area contributed by atoms with Gasteiger partial charge >= 0.3 is 11.7 Å². The molecule has 1 unspecified atom stereocenters. The molecule has 0 spiro atoms. The zero-order valence-corrected chi connectivity index (χ0v) is 26.1. The van der Waals surface area contributed by atoms with Crippen molar-refractivity contribution in [2.24, 2.45) is 20.0 Å². The maximum Gasteiger partial charge on any atom is 0.332 e. The first kappa shape index (κ1) is 33.6. The van der Waals surface area contributed by atoms with Crippen LogP contribution in [-0.2, 0) is 35.0 Å². The molecule has 1 atom stereocenters. The third kappa shape index (κ3) is 10.8. The average Bonchev–Trinajstić information content (AvgIpc) is 3.27. The lowest BCUT2D eigenvalue weighted by Crippen LogP contribution is -2.39. The highest BCUT2D eigenvalue weighted by Crippen LogP contribution is 2.17. The Bertz CT molecular complexity index is 1210. The van der Waals surface area contributed by atoms with Crippen LogP contribution in [0.15, 0.2) is 15.9 Å². The second-order valence-electron chi connectivity index (χ2n) is 11.6. The van der Waals surface area contributed by atoms with Crippen molar-refractivity contribution in [3.63, 3.8) is 0 Å². The second kappa shape index (κ2) is 16.6. The molecule has 2 aromatic heterocycles. The van der Waals surface area contributed by atoms with Crippen LogP contribution in [0, 0.1) is 5.92 Å². The van der Waals surface area contributed by atoms with Crippen molar-refractivity contribution in [2.45, 2.75) is 104 Å². The van der Waals surface area contributed by atoms with E-state index in [1.807, 2.05) is 27.0 Å². The lowest BCUT2D eigenvalue weighted by molar-refractivity contribution is -0.157. The van der Waals surface area contributed by atoms with E-state index in [1.54, 1.807) is 36.8 Å². The number of hydrogen-bond acceptors (Lipinski definition) is 7. The molecule has 1 N–H and O–H groups in total. The third-order valence-electron chi connectivity index (χ3n) is 6.93. The SMILES string of the molecule is CSCCC(CC(=O)OC(C)(C)C)C(=O)NCCCCCCCCCCCn1c(=O)c2c(ncn2C)n(C)c1=O. The van der Waals surface area contributed by atoms with Gasteiger partial charge in [0.1, 0.15) is 5.60 Å². The predicted octanol–water partition coefficient (Wildman–Crippen LogP) is 4.16. The van der Waals surface area contributed by atoms with Gasteiger partial charge in [-0.2, -0.15) is 11.8 Å². The molecule has 40 heavy (non-hydrogen) atoms. The van der Waals surface area contributed by atoms with Gasteiger partial charge in [-0.25, -0.2) is 9.78 Å². The first-order valence-corrected chi connectivity index (χ1v) is 15.9. The molecule has 0 bridgehead atoms. The van der Waals surface area contributed by atoms with Crippen LogP contribution in [-0.4, -0.2) is 54.7 Å². The highest BCUT2D eigenvalue weighted by molar-refractivity contribution is 7.98. The topological polar surface area (TPSA) is 117 Å². The van der Waals surface area contributed by atoms with Crippen molar-refractivity contribution in [3.05, 3.63) is 27.2 Å². The molecule has 11 heteroatoms. The van der Waals surface area contributed by atoms with Crippen molar-refractivity contribution in [2.75, 3.05) is 18.6 Å². The number of unbranched alkanes of at least 4 members (excludes halogenated alkanes) is 8. The van der Waals surface area contributed by atoms with Crippen LogP contribution in [0.4, 0.5) is 0 Å². The zero-order chi connectivity index (χ0) is 29.7. The van der Waals surface area contributed by atoms with Crippen LogP contribution >= 0.6 is 11.8 Å². The lowest BCUT2D eigenvalue weighted by atomic mass is 10.0. The van der Waals surface area contributed by atoms with Gasteiger partial charge in [0.2, 0.25) is 5.91 Å². The van der Waals surface area contributed by atoms with E-state index in [9.17, 15) is 19.2 Å². The standard InChI is InChI=1S/C29H49N5O5S/c1-29(2,3)39-23(35)20-22(16-19-40-6)26(36)30-17-14-12-10-8-7-9-11-13-15-18-34-27(37)24-25(31-21-32(24)4)33(5)28(34)38/h21-22H,7-20H2,1-6H3,(H,30,36). The number of hydrogen-bond donors (Lipinski definition) is 1. The number of carbonyl (C=O) groups is 2. The maximum absolute atomic E-state index is 12.7. The Morgan fingerprint density at radius 2 is 1.60 bits per heavy atom. The van der Waals surface area contributed by atoms with Crippen molar-refractivity contribution >= 4 is 34.8 Å². The summed E-state index contributed by atoms with van der Waals surface area (Å²) in [4.78, 5) is 54.3. The van der Waals surface area contributed by atoms with Crippen LogP contribution in [0.5, 0.6) is 0 Å². The fourth-order valence-corrected chi connectivity index (χ4v) is 5.27. The van der Waals surface area contributed by atoms with Gasteiger partial charge in [0.15, 0.2) is 11.2 Å². The molecule has 2 rings (SSSR count). The highest BCUT2D eigenvalue weighted by atomic mass is 32.2. The highest BCUT2D eigenvalue weighted by Gasteiger charge is 2.25. The van der Waals surface area contributed by atoms with Gasteiger partial charge in [-0.1, -0.05) is 44.9 Å². The molecule has 0 fully saturated rings. The number of aromatic nitrogens is 4. The molecule has 2 heterocycles. The molecule has 226 valence electrons. The Balaban J connectivity index is 1.57. The van der Waals surface area contributed by atoms with Gasteiger partial charge in [-0.05, 0) is 52.0 Å². The summed E-state index contributed by atoms with van der Waals surface area (Å²) in [6, 6.07) is 0. The number of esters is 1. The molecular weight excluding hydrogens is 530 g/mol. The summed E-state index contributed by atoms with van der Waals surface area (Å²) < 4.78 is 9.83. The number of fused-ring (bicyclic) bond motifs is 1. The fourth-order valence-electron chi connectivity index (χ4n) is 4.75. The Kier molecular flexibility index (Phi) is 14.0. The van der Waals surface area contributed by atoms with E-state index in [1.165, 1.54) is 9.13 Å². The molecule has 1 amide bonds. The Morgan fingerprint density at radius 1 is 1.00 bits per heavy atom. The largest absolute Gasteiger partial charge is 0.460 e. The molecule has 0 aliphatic heterocycles. The minimum atomic E-state index is -0.547. The molecule has 0 saturated carbocycles. The van der Waals surface area contributed by atoms with Crippen LogP contribution in [0.2, 0.25) is 0 Å². The lowest BCUT2D eigenvalue weighted by Gasteiger charge is -2.22. The molecule has 0 radical (unpaired) electrons. The van der Waals surface area contributed by atoms with E-state index in [4.69, 9.17) is 4.74 Å². The minimum absolute atomic E-state index is 0.0553. The number of carbonyl (C=O) groups excluding carboxylic acids is 2. The second-order valence-corrected chi connectivity index (χ2v) is 12.6. The summed E-state index contributed by atoms with van der Waals surface area (Å²) in [6.07, 6.45) is 13.7. The summed E-state index contributed by atoms with van der Waals surface area (Å²) >= 11 is 1.67. The Morgan fingerprint density at radius 3 is 2.20 bits per heavy atom. The smallest absolute Gasteiger partial charge is 0.332 e. The maximum atomic E-state index is 12.7. The van der Waals surface area contributed by atoms with Gasteiger partial charge < -0.3 is 14.6 Å². The molecule has 10 nitrogen and oxygen atoms in total. The summed E-state index contributed by atoms with van der Waals surface area (Å²) in [6.45, 7) is 6.56. The van der Waals surface area contributed by atoms with Crippen molar-refractivity contribution in [1.29, 1.82) is 0 Å². The monoisotopic (exact) mass is 579 g/mol. The summed E-state index contributed by atoms with van der Waals surface area (Å²) in [5.74, 6) is 0.110. The average molecular weight is 580 g/mol. The van der Waals surface area contributed by atoms with E-state index in [0.29, 0.717) is 30.7 Å². The molecule has 0 aliphatic carbocycles. The van der Waals surface area contributed by atoms with E-state index in [0.717, 1.165) is 63.5 Å². The van der Waals surface area contributed by atoms with Crippen LogP contribution in [0.3, 0.4) is 0 Å².